The van der Waals surface area contributed by atoms with Crippen LogP contribution in [0, 0.1) is 12.8 Å². The molecule has 4 nitrogen and oxygen atoms in total. The van der Waals surface area contributed by atoms with Crippen LogP contribution in [0.2, 0.25) is 0 Å². The van der Waals surface area contributed by atoms with Gasteiger partial charge >= 0.3 is 0 Å². The largest absolute Gasteiger partial charge is 0.335 e. The summed E-state index contributed by atoms with van der Waals surface area (Å²) in [6, 6.07) is 14.5. The van der Waals surface area contributed by atoms with Crippen molar-refractivity contribution in [1.29, 1.82) is 0 Å². The quantitative estimate of drug-likeness (QED) is 0.790. The Morgan fingerprint density at radius 2 is 1.96 bits per heavy atom. The summed E-state index contributed by atoms with van der Waals surface area (Å²) in [5.41, 5.74) is 1.12. The minimum absolute atomic E-state index is 0.00539. The number of nitrogens with zero attached hydrogens (tertiary/aromatic N) is 2. The second-order valence-electron chi connectivity index (χ2n) is 7.67. The molecule has 4 rings (SSSR count). The molecule has 2 fully saturated rings. The Balaban J connectivity index is 1.47. The average molecular weight is 383 g/mol. The van der Waals surface area contributed by atoms with Crippen molar-refractivity contribution in [1.82, 2.24) is 9.80 Å². The zero-order chi connectivity index (χ0) is 19.0. The van der Waals surface area contributed by atoms with Gasteiger partial charge in [-0.25, -0.2) is 0 Å². The molecule has 3 heterocycles. The molecule has 27 heavy (non-hydrogen) atoms. The summed E-state index contributed by atoms with van der Waals surface area (Å²) < 4.78 is 0. The van der Waals surface area contributed by atoms with Crippen LogP contribution in [0.3, 0.4) is 0 Å². The second-order valence-corrected chi connectivity index (χ2v) is 8.99. The molecule has 0 radical (unpaired) electrons. The van der Waals surface area contributed by atoms with E-state index in [1.54, 1.807) is 11.3 Å². The van der Waals surface area contributed by atoms with E-state index in [-0.39, 0.29) is 29.8 Å². The molecule has 2 aromatic rings. The molecule has 2 amide bonds. The highest BCUT2D eigenvalue weighted by molar-refractivity contribution is 7.12. The Hall–Kier alpha value is -2.14. The van der Waals surface area contributed by atoms with E-state index >= 15 is 0 Å². The highest BCUT2D eigenvalue weighted by atomic mass is 32.1. The van der Waals surface area contributed by atoms with E-state index in [0.717, 1.165) is 24.9 Å². The third kappa shape index (κ3) is 3.53. The number of hydrogen-bond donors (Lipinski definition) is 0. The van der Waals surface area contributed by atoms with Gasteiger partial charge in [-0.3, -0.25) is 9.59 Å². The number of amides is 2. The van der Waals surface area contributed by atoms with Crippen LogP contribution < -0.4 is 0 Å². The maximum absolute atomic E-state index is 13.2. The van der Waals surface area contributed by atoms with Gasteiger partial charge in [0.1, 0.15) is 0 Å². The number of benzene rings is 1. The van der Waals surface area contributed by atoms with E-state index in [0.29, 0.717) is 13.0 Å². The summed E-state index contributed by atoms with van der Waals surface area (Å²) in [4.78, 5) is 32.3. The number of thiophene rings is 1. The van der Waals surface area contributed by atoms with Crippen molar-refractivity contribution < 1.29 is 9.59 Å². The molecule has 0 saturated carbocycles. The lowest BCUT2D eigenvalue weighted by Crippen LogP contribution is -2.37. The highest BCUT2D eigenvalue weighted by Crippen LogP contribution is 2.38. The molecule has 1 aromatic carbocycles. The van der Waals surface area contributed by atoms with E-state index in [9.17, 15) is 9.59 Å². The van der Waals surface area contributed by atoms with Gasteiger partial charge in [-0.1, -0.05) is 30.3 Å². The number of carbonyl (C=O) groups is 2. The summed E-state index contributed by atoms with van der Waals surface area (Å²) in [7, 11) is 0. The SMILES string of the molecule is Cc1ccc(C2CCCN2C(=O)C2CC(=O)N(C(C)c3ccccc3)C2)s1. The minimum Gasteiger partial charge on any atom is -0.335 e. The van der Waals surface area contributed by atoms with Gasteiger partial charge < -0.3 is 9.80 Å². The molecule has 0 aliphatic carbocycles. The first-order valence-electron chi connectivity index (χ1n) is 9.76. The van der Waals surface area contributed by atoms with Crippen molar-refractivity contribution in [2.45, 2.75) is 45.2 Å². The van der Waals surface area contributed by atoms with E-state index in [2.05, 4.69) is 19.1 Å². The molecule has 0 bridgehead atoms. The van der Waals surface area contributed by atoms with Gasteiger partial charge in [-0.2, -0.15) is 0 Å². The van der Waals surface area contributed by atoms with Gasteiger partial charge in [0.2, 0.25) is 11.8 Å². The van der Waals surface area contributed by atoms with E-state index in [1.165, 1.54) is 9.75 Å². The number of hydrogen-bond acceptors (Lipinski definition) is 3. The Labute approximate surface area is 164 Å². The number of likely N-dealkylation sites (tertiary alicyclic amines) is 2. The Kier molecular flexibility index (Phi) is 5.04. The first-order chi connectivity index (χ1) is 13.0. The number of rotatable bonds is 4. The molecule has 0 N–H and O–H groups in total. The molecule has 2 aliphatic heterocycles. The zero-order valence-corrected chi connectivity index (χ0v) is 16.7. The summed E-state index contributed by atoms with van der Waals surface area (Å²) in [6.45, 7) is 5.49. The zero-order valence-electron chi connectivity index (χ0n) is 15.9. The monoisotopic (exact) mass is 382 g/mol. The molecule has 3 unspecified atom stereocenters. The third-order valence-corrected chi connectivity index (χ3v) is 6.98. The van der Waals surface area contributed by atoms with Gasteiger partial charge in [0.15, 0.2) is 0 Å². The van der Waals surface area contributed by atoms with Crippen molar-refractivity contribution in [2.75, 3.05) is 13.1 Å². The smallest absolute Gasteiger partial charge is 0.228 e. The maximum atomic E-state index is 13.2. The Bertz CT molecular complexity index is 832. The van der Waals surface area contributed by atoms with Gasteiger partial charge in [0, 0.05) is 29.3 Å². The predicted octanol–water partition coefficient (Wildman–Crippen LogP) is 4.33. The summed E-state index contributed by atoms with van der Waals surface area (Å²) in [5.74, 6) is 0.0254. The normalized spacial score (nSPS) is 23.9. The lowest BCUT2D eigenvalue weighted by atomic mass is 10.1. The predicted molar refractivity (Wildman–Crippen MR) is 107 cm³/mol. The van der Waals surface area contributed by atoms with E-state index in [1.807, 2.05) is 47.1 Å². The van der Waals surface area contributed by atoms with Crippen LogP contribution in [0.1, 0.15) is 53.6 Å². The van der Waals surface area contributed by atoms with E-state index in [4.69, 9.17) is 0 Å². The van der Waals surface area contributed by atoms with Crippen LogP contribution in [0.4, 0.5) is 0 Å². The molecule has 2 aliphatic rings. The summed E-state index contributed by atoms with van der Waals surface area (Å²) >= 11 is 1.78. The fourth-order valence-electron chi connectivity index (χ4n) is 4.38. The molecule has 2 saturated heterocycles. The van der Waals surface area contributed by atoms with Crippen LogP contribution in [0.15, 0.2) is 42.5 Å². The first-order valence-corrected chi connectivity index (χ1v) is 10.6. The van der Waals surface area contributed by atoms with Crippen molar-refractivity contribution in [3.8, 4) is 0 Å². The summed E-state index contributed by atoms with van der Waals surface area (Å²) in [6.07, 6.45) is 2.40. The molecular formula is C22H26N2O2S. The molecule has 142 valence electrons. The van der Waals surface area contributed by atoms with E-state index < -0.39 is 0 Å². The van der Waals surface area contributed by atoms with Crippen LogP contribution in [0.5, 0.6) is 0 Å². The highest BCUT2D eigenvalue weighted by Gasteiger charge is 2.41. The minimum atomic E-state index is -0.217. The van der Waals surface area contributed by atoms with Crippen molar-refractivity contribution in [2.24, 2.45) is 5.92 Å². The van der Waals surface area contributed by atoms with Gasteiger partial charge in [0.05, 0.1) is 18.0 Å². The Morgan fingerprint density at radius 3 is 2.67 bits per heavy atom. The molecule has 1 aromatic heterocycles. The lowest BCUT2D eigenvalue weighted by Gasteiger charge is -2.28. The van der Waals surface area contributed by atoms with Gasteiger partial charge in [-0.15, -0.1) is 11.3 Å². The van der Waals surface area contributed by atoms with Gasteiger partial charge in [-0.05, 0) is 44.4 Å². The van der Waals surface area contributed by atoms with Crippen molar-refractivity contribution >= 4 is 23.2 Å². The fourth-order valence-corrected chi connectivity index (χ4v) is 5.40. The molecular weight excluding hydrogens is 356 g/mol. The third-order valence-electron chi connectivity index (χ3n) is 5.88. The Morgan fingerprint density at radius 1 is 1.19 bits per heavy atom. The van der Waals surface area contributed by atoms with Crippen molar-refractivity contribution in [3.05, 3.63) is 57.8 Å². The van der Waals surface area contributed by atoms with Gasteiger partial charge in [0.25, 0.3) is 0 Å². The van der Waals surface area contributed by atoms with Crippen LogP contribution >= 0.6 is 11.3 Å². The molecule has 3 atom stereocenters. The van der Waals surface area contributed by atoms with Crippen molar-refractivity contribution in [3.63, 3.8) is 0 Å². The molecule has 5 heteroatoms. The first kappa shape index (κ1) is 18.2. The maximum Gasteiger partial charge on any atom is 0.228 e. The second kappa shape index (κ2) is 7.47. The van der Waals surface area contributed by atoms with Crippen LogP contribution in [-0.2, 0) is 9.59 Å². The topological polar surface area (TPSA) is 40.6 Å². The van der Waals surface area contributed by atoms with Crippen LogP contribution in [-0.4, -0.2) is 34.7 Å². The lowest BCUT2D eigenvalue weighted by molar-refractivity contribution is -0.136. The average Bonchev–Trinajstić information content (AvgIpc) is 3.40. The standard InChI is InChI=1S/C22H26N2O2S/c1-15-10-11-20(27-15)19-9-6-12-23(19)22(26)18-13-21(25)24(14-18)16(2)17-7-4-3-5-8-17/h3-5,7-8,10-11,16,18-19H,6,9,12-14H2,1-2H3. The number of aryl methyl sites for hydroxylation is 1. The van der Waals surface area contributed by atoms with Crippen LogP contribution in [0.25, 0.3) is 0 Å². The molecule has 0 spiro atoms. The fraction of sp³-hybridized carbons (Fsp3) is 0.455. The number of carbonyl (C=O) groups excluding carboxylic acids is 2. The summed E-state index contributed by atoms with van der Waals surface area (Å²) in [5, 5.41) is 0.